The van der Waals surface area contributed by atoms with Crippen molar-refractivity contribution in [2.45, 2.75) is 32.1 Å². The Balaban J connectivity index is 1.87. The summed E-state index contributed by atoms with van der Waals surface area (Å²) in [4.78, 5) is 33.7. The van der Waals surface area contributed by atoms with E-state index >= 15 is 0 Å². The molecule has 1 aromatic rings. The van der Waals surface area contributed by atoms with Gasteiger partial charge in [0, 0.05) is 24.2 Å². The maximum atomic E-state index is 11.8. The van der Waals surface area contributed by atoms with E-state index in [2.05, 4.69) is 5.32 Å². The topological polar surface area (TPSA) is 83.5 Å². The van der Waals surface area contributed by atoms with Crippen molar-refractivity contribution >= 4 is 23.2 Å². The molecule has 0 aromatic heterocycles. The third kappa shape index (κ3) is 3.23. The molecule has 1 aliphatic carbocycles. The molecule has 1 aliphatic rings. The van der Waals surface area contributed by atoms with Crippen LogP contribution in [0.1, 0.15) is 52.8 Å². The minimum Gasteiger partial charge on any atom is -0.481 e. The van der Waals surface area contributed by atoms with Gasteiger partial charge in [-0.3, -0.25) is 14.4 Å². The number of carboxylic acids is 1. The summed E-state index contributed by atoms with van der Waals surface area (Å²) < 4.78 is 0. The fourth-order valence-electron chi connectivity index (χ4n) is 2.36. The Morgan fingerprint density at radius 2 is 1.95 bits per heavy atom. The number of unbranched alkanes of at least 4 members (excludes halogenated alkanes) is 2. The van der Waals surface area contributed by atoms with E-state index in [-0.39, 0.29) is 24.4 Å². The van der Waals surface area contributed by atoms with Crippen LogP contribution in [0.5, 0.6) is 0 Å². The summed E-state index contributed by atoms with van der Waals surface area (Å²) in [7, 11) is 0. The zero-order valence-corrected chi connectivity index (χ0v) is 11.1. The Labute approximate surface area is 117 Å². The summed E-state index contributed by atoms with van der Waals surface area (Å²) in [5, 5.41) is 11.7. The number of carbonyl (C=O) groups is 3. The van der Waals surface area contributed by atoms with Crippen molar-refractivity contribution in [3.8, 4) is 0 Å². The van der Waals surface area contributed by atoms with Crippen LogP contribution < -0.4 is 5.32 Å². The molecule has 106 valence electrons. The van der Waals surface area contributed by atoms with Crippen molar-refractivity contribution < 1.29 is 19.5 Å². The molecular formula is C15H17NO4. The van der Waals surface area contributed by atoms with E-state index < -0.39 is 5.97 Å². The minimum absolute atomic E-state index is 0.0351. The molecule has 0 saturated carbocycles. The summed E-state index contributed by atoms with van der Waals surface area (Å²) >= 11 is 0. The number of ketones is 2. The van der Waals surface area contributed by atoms with Crippen molar-refractivity contribution in [1.29, 1.82) is 0 Å². The number of fused-ring (bicyclic) bond motifs is 1. The van der Waals surface area contributed by atoms with Crippen LogP contribution in [0.25, 0.3) is 0 Å². The van der Waals surface area contributed by atoms with Gasteiger partial charge in [-0.25, -0.2) is 0 Å². The van der Waals surface area contributed by atoms with E-state index in [1.807, 2.05) is 0 Å². The molecule has 0 saturated heterocycles. The predicted octanol–water partition coefficient (Wildman–Crippen LogP) is 2.51. The predicted molar refractivity (Wildman–Crippen MR) is 74.3 cm³/mol. The van der Waals surface area contributed by atoms with Gasteiger partial charge in [0.15, 0.2) is 11.6 Å². The number of nitrogens with one attached hydrogen (secondary N) is 1. The average molecular weight is 275 g/mol. The lowest BCUT2D eigenvalue weighted by molar-refractivity contribution is -0.137. The molecule has 0 heterocycles. The van der Waals surface area contributed by atoms with Crippen LogP contribution in [0, 0.1) is 0 Å². The fraction of sp³-hybridized carbons (Fsp3) is 0.400. The number of hydrogen-bond acceptors (Lipinski definition) is 4. The van der Waals surface area contributed by atoms with E-state index in [1.54, 1.807) is 18.2 Å². The standard InChI is InChI=1S/C15H17NO4/c17-12-9-13(18)15-10(12)5-4-6-11(15)16-8-3-1-2-7-14(19)20/h4-6,16H,1-3,7-9H2,(H,19,20). The number of anilines is 1. The van der Waals surface area contributed by atoms with Crippen LogP contribution in [0.4, 0.5) is 5.69 Å². The monoisotopic (exact) mass is 275 g/mol. The summed E-state index contributed by atoms with van der Waals surface area (Å²) in [5.41, 5.74) is 1.71. The summed E-state index contributed by atoms with van der Waals surface area (Å²) in [5.74, 6) is -1.02. The normalized spacial score (nSPS) is 13.4. The largest absolute Gasteiger partial charge is 0.481 e. The van der Waals surface area contributed by atoms with Crippen LogP contribution in [-0.2, 0) is 4.79 Å². The van der Waals surface area contributed by atoms with E-state index in [4.69, 9.17) is 5.11 Å². The number of aliphatic carboxylic acids is 1. The average Bonchev–Trinajstić information content (AvgIpc) is 2.70. The first-order valence-corrected chi connectivity index (χ1v) is 6.74. The summed E-state index contributed by atoms with van der Waals surface area (Å²) in [6.45, 7) is 0.664. The number of Topliss-reactive ketones (excluding diaryl/α,β-unsaturated/α-hetero) is 2. The second kappa shape index (κ2) is 6.32. The van der Waals surface area contributed by atoms with E-state index in [1.165, 1.54) is 0 Å². The molecule has 5 nitrogen and oxygen atoms in total. The zero-order valence-electron chi connectivity index (χ0n) is 11.1. The Kier molecular flexibility index (Phi) is 4.50. The number of benzene rings is 1. The van der Waals surface area contributed by atoms with E-state index in [0.717, 1.165) is 12.8 Å². The molecule has 0 unspecified atom stereocenters. The van der Waals surface area contributed by atoms with Gasteiger partial charge >= 0.3 is 5.97 Å². The maximum absolute atomic E-state index is 11.8. The van der Waals surface area contributed by atoms with Crippen LogP contribution in [0.15, 0.2) is 18.2 Å². The molecule has 0 aliphatic heterocycles. The van der Waals surface area contributed by atoms with Gasteiger partial charge in [0.1, 0.15) is 0 Å². The number of carbonyl (C=O) groups excluding carboxylic acids is 2. The van der Waals surface area contributed by atoms with Gasteiger partial charge in [-0.1, -0.05) is 18.6 Å². The van der Waals surface area contributed by atoms with Crippen LogP contribution in [0.2, 0.25) is 0 Å². The third-order valence-electron chi connectivity index (χ3n) is 3.35. The smallest absolute Gasteiger partial charge is 0.303 e. The van der Waals surface area contributed by atoms with E-state index in [0.29, 0.717) is 29.8 Å². The first-order chi connectivity index (χ1) is 9.59. The maximum Gasteiger partial charge on any atom is 0.303 e. The van der Waals surface area contributed by atoms with Gasteiger partial charge < -0.3 is 10.4 Å². The molecule has 0 fully saturated rings. The molecular weight excluding hydrogens is 258 g/mol. The Hall–Kier alpha value is -2.17. The third-order valence-corrected chi connectivity index (χ3v) is 3.35. The number of rotatable bonds is 7. The highest BCUT2D eigenvalue weighted by Crippen LogP contribution is 2.28. The Bertz CT molecular complexity index is 551. The highest BCUT2D eigenvalue weighted by Gasteiger charge is 2.29. The first kappa shape index (κ1) is 14.2. The van der Waals surface area contributed by atoms with Crippen molar-refractivity contribution in [3.05, 3.63) is 29.3 Å². The van der Waals surface area contributed by atoms with Gasteiger partial charge in [-0.15, -0.1) is 0 Å². The molecule has 2 N–H and O–H groups in total. The van der Waals surface area contributed by atoms with Gasteiger partial charge in [0.2, 0.25) is 0 Å². The quantitative estimate of drug-likeness (QED) is 0.590. The second-order valence-electron chi connectivity index (χ2n) is 4.88. The van der Waals surface area contributed by atoms with Crippen molar-refractivity contribution in [3.63, 3.8) is 0 Å². The molecule has 2 rings (SSSR count). The molecule has 0 spiro atoms. The molecule has 20 heavy (non-hydrogen) atoms. The minimum atomic E-state index is -0.775. The molecule has 0 amide bonds. The molecule has 0 bridgehead atoms. The van der Waals surface area contributed by atoms with Crippen molar-refractivity contribution in [2.24, 2.45) is 0 Å². The highest BCUT2D eigenvalue weighted by molar-refractivity contribution is 6.26. The number of carboxylic acid groups (broad SMARTS) is 1. The summed E-state index contributed by atoms with van der Waals surface area (Å²) in [6, 6.07) is 5.25. The van der Waals surface area contributed by atoms with Gasteiger partial charge in [0.05, 0.1) is 12.0 Å². The summed E-state index contributed by atoms with van der Waals surface area (Å²) in [6.07, 6.45) is 2.46. The van der Waals surface area contributed by atoms with Gasteiger partial charge in [-0.2, -0.15) is 0 Å². The first-order valence-electron chi connectivity index (χ1n) is 6.74. The van der Waals surface area contributed by atoms with Crippen LogP contribution in [0.3, 0.4) is 0 Å². The molecule has 1 aromatic carbocycles. The van der Waals surface area contributed by atoms with Crippen molar-refractivity contribution in [2.75, 3.05) is 11.9 Å². The molecule has 5 heteroatoms. The fourth-order valence-corrected chi connectivity index (χ4v) is 2.36. The Morgan fingerprint density at radius 1 is 1.15 bits per heavy atom. The van der Waals surface area contributed by atoms with Crippen LogP contribution >= 0.6 is 0 Å². The lowest BCUT2D eigenvalue weighted by Gasteiger charge is -2.09. The second-order valence-corrected chi connectivity index (χ2v) is 4.88. The lowest BCUT2D eigenvalue weighted by Crippen LogP contribution is -2.06. The molecule has 0 radical (unpaired) electrons. The SMILES string of the molecule is O=C(O)CCCCCNc1cccc2c1C(=O)CC2=O. The highest BCUT2D eigenvalue weighted by atomic mass is 16.4. The van der Waals surface area contributed by atoms with E-state index in [9.17, 15) is 14.4 Å². The Morgan fingerprint density at radius 3 is 2.70 bits per heavy atom. The zero-order chi connectivity index (χ0) is 14.5. The van der Waals surface area contributed by atoms with Gasteiger partial charge in [0.25, 0.3) is 0 Å². The van der Waals surface area contributed by atoms with Crippen LogP contribution in [-0.4, -0.2) is 29.2 Å². The lowest BCUT2D eigenvalue weighted by atomic mass is 10.1. The van der Waals surface area contributed by atoms with Gasteiger partial charge in [-0.05, 0) is 18.9 Å². The number of hydrogen-bond donors (Lipinski definition) is 2. The van der Waals surface area contributed by atoms with Crippen molar-refractivity contribution in [1.82, 2.24) is 0 Å². The molecule has 0 atom stereocenters.